The first-order chi connectivity index (χ1) is 9.22. The monoisotopic (exact) mass is 263 g/mol. The van der Waals surface area contributed by atoms with Gasteiger partial charge in [0.15, 0.2) is 0 Å². The smallest absolute Gasteiger partial charge is 0.137 e. The van der Waals surface area contributed by atoms with Crippen molar-refractivity contribution in [1.29, 1.82) is 0 Å². The molecule has 106 valence electrons. The average Bonchev–Trinajstić information content (AvgIpc) is 2.42. The van der Waals surface area contributed by atoms with Crippen LogP contribution in [0, 0.1) is 0 Å². The van der Waals surface area contributed by atoms with Gasteiger partial charge in [-0.05, 0) is 30.5 Å². The normalized spacial score (nSPS) is 23.6. The molecule has 1 aromatic rings. The molecule has 2 rings (SSSR count). The maximum atomic E-state index is 6.23. The fourth-order valence-corrected chi connectivity index (χ4v) is 2.55. The zero-order valence-electron chi connectivity index (χ0n) is 12.2. The molecular formula is C16H25NO2. The maximum Gasteiger partial charge on any atom is 0.137 e. The molecule has 0 radical (unpaired) electrons. The van der Waals surface area contributed by atoms with Crippen molar-refractivity contribution in [3.8, 4) is 5.75 Å². The molecule has 2 atom stereocenters. The van der Waals surface area contributed by atoms with Gasteiger partial charge in [0, 0.05) is 12.6 Å². The summed E-state index contributed by atoms with van der Waals surface area (Å²) in [6, 6.07) is 8.70. The molecule has 3 nitrogen and oxygen atoms in total. The first-order valence-electron chi connectivity index (χ1n) is 7.29. The van der Waals surface area contributed by atoms with Crippen LogP contribution in [-0.2, 0) is 4.74 Å². The summed E-state index contributed by atoms with van der Waals surface area (Å²) in [7, 11) is 0. The van der Waals surface area contributed by atoms with Gasteiger partial charge < -0.3 is 14.8 Å². The van der Waals surface area contributed by atoms with Crippen molar-refractivity contribution < 1.29 is 9.47 Å². The van der Waals surface area contributed by atoms with Crippen molar-refractivity contribution in [2.24, 2.45) is 0 Å². The van der Waals surface area contributed by atoms with Gasteiger partial charge in [-0.15, -0.1) is 0 Å². The van der Waals surface area contributed by atoms with Crippen LogP contribution in [0.25, 0.3) is 0 Å². The van der Waals surface area contributed by atoms with Gasteiger partial charge in [-0.3, -0.25) is 0 Å². The molecule has 0 aliphatic carbocycles. The van der Waals surface area contributed by atoms with E-state index >= 15 is 0 Å². The lowest BCUT2D eigenvalue weighted by Crippen LogP contribution is -2.49. The summed E-state index contributed by atoms with van der Waals surface area (Å²) < 4.78 is 11.8. The minimum atomic E-state index is 0.105. The van der Waals surface area contributed by atoms with E-state index in [2.05, 4.69) is 44.3 Å². The van der Waals surface area contributed by atoms with Gasteiger partial charge in [-0.2, -0.15) is 0 Å². The van der Waals surface area contributed by atoms with Crippen molar-refractivity contribution >= 4 is 0 Å². The van der Waals surface area contributed by atoms with E-state index < -0.39 is 0 Å². The molecule has 0 spiro atoms. The van der Waals surface area contributed by atoms with Gasteiger partial charge in [-0.1, -0.05) is 39.0 Å². The maximum absolute atomic E-state index is 6.23. The minimum absolute atomic E-state index is 0.105. The third-order valence-corrected chi connectivity index (χ3v) is 3.59. The molecule has 0 bridgehead atoms. The number of hydrogen-bond acceptors (Lipinski definition) is 3. The van der Waals surface area contributed by atoms with E-state index in [1.54, 1.807) is 0 Å². The van der Waals surface area contributed by atoms with E-state index in [0.717, 1.165) is 25.3 Å². The Bertz CT molecular complexity index is 390. The Hall–Kier alpha value is -1.06. The highest BCUT2D eigenvalue weighted by Crippen LogP contribution is 2.28. The van der Waals surface area contributed by atoms with Crippen molar-refractivity contribution in [2.45, 2.75) is 45.3 Å². The third-order valence-electron chi connectivity index (χ3n) is 3.59. The summed E-state index contributed by atoms with van der Waals surface area (Å²) in [6.45, 7) is 8.99. The lowest BCUT2D eigenvalue weighted by Gasteiger charge is -2.33. The summed E-state index contributed by atoms with van der Waals surface area (Å²) in [4.78, 5) is 0. The van der Waals surface area contributed by atoms with Gasteiger partial charge in [0.25, 0.3) is 0 Å². The second-order valence-electron chi connectivity index (χ2n) is 5.38. The number of benzene rings is 1. The average molecular weight is 263 g/mol. The van der Waals surface area contributed by atoms with Crippen molar-refractivity contribution in [3.05, 3.63) is 29.8 Å². The first-order valence-corrected chi connectivity index (χ1v) is 7.29. The Kier molecular flexibility index (Phi) is 5.23. The Morgan fingerprint density at radius 3 is 2.89 bits per heavy atom. The molecule has 0 aromatic heterocycles. The molecule has 1 fully saturated rings. The predicted octanol–water partition coefficient (Wildman–Crippen LogP) is 2.96. The quantitative estimate of drug-likeness (QED) is 0.886. The number of nitrogens with one attached hydrogen (secondary N) is 1. The van der Waals surface area contributed by atoms with Crippen molar-refractivity contribution in [2.75, 3.05) is 19.8 Å². The predicted molar refractivity (Wildman–Crippen MR) is 77.8 cm³/mol. The lowest BCUT2D eigenvalue weighted by atomic mass is 10.0. The zero-order valence-corrected chi connectivity index (χ0v) is 12.2. The van der Waals surface area contributed by atoms with E-state index in [4.69, 9.17) is 9.47 Å². The fraction of sp³-hybridized carbons (Fsp3) is 0.625. The molecule has 1 aliphatic heterocycles. The Labute approximate surface area is 116 Å². The Balaban J connectivity index is 2.10. The lowest BCUT2D eigenvalue weighted by molar-refractivity contribution is -0.0147. The highest BCUT2D eigenvalue weighted by molar-refractivity contribution is 5.35. The first kappa shape index (κ1) is 14.4. The van der Waals surface area contributed by atoms with E-state index in [-0.39, 0.29) is 6.10 Å². The van der Waals surface area contributed by atoms with E-state index in [1.807, 2.05) is 6.07 Å². The Morgan fingerprint density at radius 1 is 1.37 bits per heavy atom. The number of likely N-dealkylation sites (N-methyl/N-ethyl adjacent to an activating group) is 1. The number of rotatable bonds is 5. The summed E-state index contributed by atoms with van der Waals surface area (Å²) in [5.74, 6) is 1.47. The zero-order chi connectivity index (χ0) is 13.7. The molecule has 1 heterocycles. The van der Waals surface area contributed by atoms with Crippen LogP contribution >= 0.6 is 0 Å². The molecular weight excluding hydrogens is 238 g/mol. The Morgan fingerprint density at radius 2 is 2.16 bits per heavy atom. The van der Waals surface area contributed by atoms with E-state index in [0.29, 0.717) is 18.6 Å². The summed E-state index contributed by atoms with van der Waals surface area (Å²) in [5.41, 5.74) is 1.27. The largest absolute Gasteiger partial charge is 0.486 e. The van der Waals surface area contributed by atoms with Gasteiger partial charge in [0.05, 0.1) is 6.61 Å². The second kappa shape index (κ2) is 6.92. The van der Waals surface area contributed by atoms with E-state index in [9.17, 15) is 0 Å². The highest BCUT2D eigenvalue weighted by atomic mass is 16.5. The van der Waals surface area contributed by atoms with Crippen LogP contribution in [-0.4, -0.2) is 31.9 Å². The number of hydrogen-bond donors (Lipinski definition) is 1. The second-order valence-corrected chi connectivity index (χ2v) is 5.38. The van der Waals surface area contributed by atoms with Gasteiger partial charge in [-0.25, -0.2) is 0 Å². The van der Waals surface area contributed by atoms with Gasteiger partial charge in [0.2, 0.25) is 0 Å². The van der Waals surface area contributed by atoms with Crippen LogP contribution in [0.3, 0.4) is 0 Å². The van der Waals surface area contributed by atoms with Crippen LogP contribution in [0.2, 0.25) is 0 Å². The SMILES string of the molecule is CCNC1CCOCC1Oc1ccccc1C(C)C. The van der Waals surface area contributed by atoms with Crippen LogP contribution in [0.5, 0.6) is 5.75 Å². The minimum Gasteiger partial charge on any atom is -0.486 e. The molecule has 3 heteroatoms. The molecule has 1 aromatic carbocycles. The highest BCUT2D eigenvalue weighted by Gasteiger charge is 2.27. The van der Waals surface area contributed by atoms with Crippen LogP contribution < -0.4 is 10.1 Å². The van der Waals surface area contributed by atoms with Crippen LogP contribution in [0.1, 0.15) is 38.7 Å². The van der Waals surface area contributed by atoms with Crippen LogP contribution in [0.15, 0.2) is 24.3 Å². The molecule has 1 aliphatic rings. The summed E-state index contributed by atoms with van der Waals surface area (Å²) in [5, 5.41) is 3.50. The topological polar surface area (TPSA) is 30.5 Å². The summed E-state index contributed by atoms with van der Waals surface area (Å²) in [6.07, 6.45) is 1.12. The molecule has 2 unspecified atom stereocenters. The number of ether oxygens (including phenoxy) is 2. The molecule has 1 N–H and O–H groups in total. The fourth-order valence-electron chi connectivity index (χ4n) is 2.55. The molecule has 19 heavy (non-hydrogen) atoms. The van der Waals surface area contributed by atoms with Crippen molar-refractivity contribution in [1.82, 2.24) is 5.32 Å². The molecule has 0 saturated carbocycles. The van der Waals surface area contributed by atoms with E-state index in [1.165, 1.54) is 5.56 Å². The van der Waals surface area contributed by atoms with Gasteiger partial charge >= 0.3 is 0 Å². The van der Waals surface area contributed by atoms with Gasteiger partial charge in [0.1, 0.15) is 11.9 Å². The number of para-hydroxylation sites is 1. The molecule has 0 amide bonds. The third kappa shape index (κ3) is 3.71. The van der Waals surface area contributed by atoms with Crippen molar-refractivity contribution in [3.63, 3.8) is 0 Å². The standard InChI is InChI=1S/C16H25NO2/c1-4-17-14-9-10-18-11-16(14)19-15-8-6-5-7-13(15)12(2)3/h5-8,12,14,16-17H,4,9-11H2,1-3H3. The molecule has 1 saturated heterocycles. The summed E-state index contributed by atoms with van der Waals surface area (Å²) >= 11 is 0. The van der Waals surface area contributed by atoms with Crippen LogP contribution in [0.4, 0.5) is 0 Å².